The zero-order valence-electron chi connectivity index (χ0n) is 18.3. The van der Waals surface area contributed by atoms with Crippen molar-refractivity contribution >= 4 is 5.91 Å². The van der Waals surface area contributed by atoms with Gasteiger partial charge in [0.25, 0.3) is 5.91 Å². The van der Waals surface area contributed by atoms with Gasteiger partial charge in [-0.15, -0.1) is 0 Å². The summed E-state index contributed by atoms with van der Waals surface area (Å²) >= 11 is 0. The summed E-state index contributed by atoms with van der Waals surface area (Å²) < 4.78 is 16.2. The summed E-state index contributed by atoms with van der Waals surface area (Å²) in [7, 11) is 3.20. The zero-order valence-corrected chi connectivity index (χ0v) is 18.3. The first-order chi connectivity index (χ1) is 15.1. The summed E-state index contributed by atoms with van der Waals surface area (Å²) in [4.78, 5) is 14.5. The predicted molar refractivity (Wildman–Crippen MR) is 119 cm³/mol. The lowest BCUT2D eigenvalue weighted by molar-refractivity contribution is 0.00566. The molecular weight excluding hydrogens is 396 g/mol. The van der Waals surface area contributed by atoms with Crippen molar-refractivity contribution in [2.24, 2.45) is 0 Å². The van der Waals surface area contributed by atoms with Crippen molar-refractivity contribution in [1.82, 2.24) is 10.2 Å². The number of methoxy groups -OCH3 is 2. The summed E-state index contributed by atoms with van der Waals surface area (Å²) in [6, 6.07) is 15.1. The number of aliphatic hydroxyl groups is 1. The number of carbonyl (C=O) groups is 1. The van der Waals surface area contributed by atoms with Crippen LogP contribution in [0.15, 0.2) is 48.5 Å². The highest BCUT2D eigenvalue weighted by Crippen LogP contribution is 2.27. The lowest BCUT2D eigenvalue weighted by Crippen LogP contribution is -2.47. The van der Waals surface area contributed by atoms with Gasteiger partial charge in [0.15, 0.2) is 11.5 Å². The molecule has 0 aliphatic carbocycles. The highest BCUT2D eigenvalue weighted by atomic mass is 16.5. The van der Waals surface area contributed by atoms with Gasteiger partial charge < -0.3 is 29.5 Å². The summed E-state index contributed by atoms with van der Waals surface area (Å²) in [5.41, 5.74) is 1.65. The number of hydrogen-bond donors (Lipinski definition) is 2. The van der Waals surface area contributed by atoms with Crippen molar-refractivity contribution in [3.05, 3.63) is 59.7 Å². The summed E-state index contributed by atoms with van der Waals surface area (Å²) in [6.45, 7) is 2.90. The molecule has 1 amide bonds. The molecule has 7 nitrogen and oxygen atoms in total. The van der Waals surface area contributed by atoms with Gasteiger partial charge >= 0.3 is 0 Å². The molecule has 1 heterocycles. The Hall–Kier alpha value is -2.61. The molecule has 31 heavy (non-hydrogen) atoms. The summed E-state index contributed by atoms with van der Waals surface area (Å²) in [6.07, 6.45) is 1.19. The van der Waals surface area contributed by atoms with Crippen molar-refractivity contribution in [3.63, 3.8) is 0 Å². The second-order valence-corrected chi connectivity index (χ2v) is 7.77. The van der Waals surface area contributed by atoms with Gasteiger partial charge in [-0.25, -0.2) is 0 Å². The monoisotopic (exact) mass is 428 g/mol. The van der Waals surface area contributed by atoms with E-state index in [1.54, 1.807) is 14.2 Å². The van der Waals surface area contributed by atoms with Gasteiger partial charge in [-0.2, -0.15) is 0 Å². The SMILES string of the molecule is COc1ccc(COCC(O)CN2CCC(NC(=O)c3ccccc3)CC2)cc1OC. The third kappa shape index (κ3) is 6.95. The van der Waals surface area contributed by atoms with Crippen molar-refractivity contribution in [2.45, 2.75) is 31.6 Å². The minimum absolute atomic E-state index is 0.0253. The van der Waals surface area contributed by atoms with Crippen LogP contribution in [0.2, 0.25) is 0 Å². The van der Waals surface area contributed by atoms with Gasteiger partial charge in [0.1, 0.15) is 0 Å². The molecule has 1 atom stereocenters. The number of piperidine rings is 1. The molecule has 168 valence electrons. The van der Waals surface area contributed by atoms with Crippen molar-refractivity contribution < 1.29 is 24.1 Å². The molecule has 0 aromatic heterocycles. The number of rotatable bonds is 10. The average molecular weight is 429 g/mol. The molecular formula is C24H32N2O5. The number of benzene rings is 2. The fourth-order valence-corrected chi connectivity index (χ4v) is 3.75. The molecule has 1 aliphatic heterocycles. The highest BCUT2D eigenvalue weighted by molar-refractivity contribution is 5.94. The van der Waals surface area contributed by atoms with Gasteiger partial charge in [-0.1, -0.05) is 24.3 Å². The number of carbonyl (C=O) groups excluding carboxylic acids is 1. The Labute approximate surface area is 183 Å². The minimum atomic E-state index is -0.560. The number of nitrogens with one attached hydrogen (secondary N) is 1. The molecule has 0 saturated carbocycles. The smallest absolute Gasteiger partial charge is 0.251 e. The first-order valence-electron chi connectivity index (χ1n) is 10.6. The van der Waals surface area contributed by atoms with E-state index in [4.69, 9.17) is 14.2 Å². The molecule has 1 saturated heterocycles. The van der Waals surface area contributed by atoms with Gasteiger partial charge in [-0.05, 0) is 42.7 Å². The van der Waals surface area contributed by atoms with Crippen LogP contribution in [0.1, 0.15) is 28.8 Å². The number of amides is 1. The topological polar surface area (TPSA) is 80.3 Å². The molecule has 1 unspecified atom stereocenters. The van der Waals surface area contributed by atoms with E-state index < -0.39 is 6.10 Å². The lowest BCUT2D eigenvalue weighted by Gasteiger charge is -2.33. The van der Waals surface area contributed by atoms with Gasteiger partial charge in [0, 0.05) is 31.2 Å². The Kier molecular flexibility index (Phi) is 8.70. The van der Waals surface area contributed by atoms with E-state index in [0.29, 0.717) is 30.2 Å². The molecule has 0 radical (unpaired) electrons. The van der Waals surface area contributed by atoms with Crippen LogP contribution in [-0.4, -0.2) is 68.5 Å². The largest absolute Gasteiger partial charge is 0.493 e. The summed E-state index contributed by atoms with van der Waals surface area (Å²) in [5.74, 6) is 1.31. The minimum Gasteiger partial charge on any atom is -0.493 e. The lowest BCUT2D eigenvalue weighted by atomic mass is 10.0. The van der Waals surface area contributed by atoms with E-state index in [1.807, 2.05) is 48.5 Å². The van der Waals surface area contributed by atoms with Crippen molar-refractivity contribution in [2.75, 3.05) is 40.5 Å². The van der Waals surface area contributed by atoms with Gasteiger partial charge in [-0.3, -0.25) is 4.79 Å². The normalized spacial score (nSPS) is 16.0. The molecule has 7 heteroatoms. The molecule has 0 spiro atoms. The Morgan fingerprint density at radius 3 is 2.48 bits per heavy atom. The fourth-order valence-electron chi connectivity index (χ4n) is 3.75. The van der Waals surface area contributed by atoms with Gasteiger partial charge in [0.2, 0.25) is 0 Å². The maximum Gasteiger partial charge on any atom is 0.251 e. The van der Waals surface area contributed by atoms with Crippen LogP contribution in [0.5, 0.6) is 11.5 Å². The van der Waals surface area contributed by atoms with Crippen LogP contribution in [0, 0.1) is 0 Å². The van der Waals surface area contributed by atoms with Crippen LogP contribution in [0.3, 0.4) is 0 Å². The van der Waals surface area contributed by atoms with Crippen LogP contribution in [0.25, 0.3) is 0 Å². The van der Waals surface area contributed by atoms with E-state index >= 15 is 0 Å². The van der Waals surface area contributed by atoms with E-state index in [2.05, 4.69) is 10.2 Å². The molecule has 2 N–H and O–H groups in total. The van der Waals surface area contributed by atoms with E-state index in [-0.39, 0.29) is 18.6 Å². The Morgan fingerprint density at radius 1 is 1.10 bits per heavy atom. The zero-order chi connectivity index (χ0) is 22.1. The van der Waals surface area contributed by atoms with Crippen molar-refractivity contribution in [1.29, 1.82) is 0 Å². The third-order valence-electron chi connectivity index (χ3n) is 5.45. The second kappa shape index (κ2) is 11.7. The molecule has 2 aromatic carbocycles. The number of aliphatic hydroxyl groups excluding tert-OH is 1. The van der Waals surface area contributed by atoms with Crippen LogP contribution in [-0.2, 0) is 11.3 Å². The summed E-state index contributed by atoms with van der Waals surface area (Å²) in [5, 5.41) is 13.4. The Morgan fingerprint density at radius 2 is 1.81 bits per heavy atom. The fraction of sp³-hybridized carbons (Fsp3) is 0.458. The molecule has 2 aromatic rings. The molecule has 0 bridgehead atoms. The highest BCUT2D eigenvalue weighted by Gasteiger charge is 2.22. The van der Waals surface area contributed by atoms with E-state index in [9.17, 15) is 9.90 Å². The maximum absolute atomic E-state index is 12.3. The number of hydrogen-bond acceptors (Lipinski definition) is 6. The number of likely N-dealkylation sites (tertiary alicyclic amines) is 1. The quantitative estimate of drug-likeness (QED) is 0.605. The molecule has 1 fully saturated rings. The van der Waals surface area contributed by atoms with Crippen molar-refractivity contribution in [3.8, 4) is 11.5 Å². The van der Waals surface area contributed by atoms with Gasteiger partial charge in [0.05, 0.1) is 33.5 Å². The van der Waals surface area contributed by atoms with Crippen LogP contribution < -0.4 is 14.8 Å². The van der Waals surface area contributed by atoms with Crippen LogP contribution in [0.4, 0.5) is 0 Å². The first kappa shape index (κ1) is 23.1. The average Bonchev–Trinajstić information content (AvgIpc) is 2.80. The standard InChI is InChI=1S/C24H32N2O5/c1-29-22-9-8-18(14-23(22)30-2)16-31-17-21(27)15-26-12-10-20(11-13-26)25-24(28)19-6-4-3-5-7-19/h3-9,14,20-21,27H,10-13,15-17H2,1-2H3,(H,25,28). The Balaban J connectivity index is 1.34. The number of nitrogens with zero attached hydrogens (tertiary/aromatic N) is 1. The maximum atomic E-state index is 12.3. The number of ether oxygens (including phenoxy) is 3. The predicted octanol–water partition coefficient (Wildman–Crippen LogP) is 2.48. The Bertz CT molecular complexity index is 822. The van der Waals surface area contributed by atoms with Crippen LogP contribution >= 0.6 is 0 Å². The first-order valence-corrected chi connectivity index (χ1v) is 10.6. The van der Waals surface area contributed by atoms with E-state index in [1.165, 1.54) is 0 Å². The second-order valence-electron chi connectivity index (χ2n) is 7.77. The molecule has 3 rings (SSSR count). The van der Waals surface area contributed by atoms with E-state index in [0.717, 1.165) is 31.5 Å². The third-order valence-corrected chi connectivity index (χ3v) is 5.45. The molecule has 1 aliphatic rings. The number of β-amino-alcohol motifs (C(OH)–C–C–N with tert-alkyl or cyclic N) is 1.